The summed E-state index contributed by atoms with van der Waals surface area (Å²) < 4.78 is 43.5. The lowest BCUT2D eigenvalue weighted by Crippen LogP contribution is -2.38. The van der Waals surface area contributed by atoms with Crippen molar-refractivity contribution in [2.45, 2.75) is 68.3 Å². The third kappa shape index (κ3) is 8.10. The van der Waals surface area contributed by atoms with E-state index in [1.165, 1.54) is 15.7 Å². The van der Waals surface area contributed by atoms with Crippen LogP contribution in [0.5, 0.6) is 11.5 Å². The summed E-state index contributed by atoms with van der Waals surface area (Å²) in [5.74, 6) is 1.44. The summed E-state index contributed by atoms with van der Waals surface area (Å²) in [6.07, 6.45) is 1.85. The van der Waals surface area contributed by atoms with Crippen molar-refractivity contribution in [1.82, 2.24) is 14.2 Å². The number of nitrogens with zero attached hydrogens (tertiary/aromatic N) is 2. The van der Waals surface area contributed by atoms with Crippen LogP contribution in [-0.2, 0) is 24.1 Å². The highest BCUT2D eigenvalue weighted by atomic mass is 31.2. The van der Waals surface area contributed by atoms with Gasteiger partial charge in [0.1, 0.15) is 29.4 Å². The van der Waals surface area contributed by atoms with E-state index in [2.05, 4.69) is 70.3 Å². The minimum Gasteiger partial charge on any atom is -0.497 e. The Balaban J connectivity index is 1.09. The number of methoxy groups -OCH3 is 2. The number of fused-ring (bicyclic) bond motifs is 1. The van der Waals surface area contributed by atoms with E-state index in [0.717, 1.165) is 47.6 Å². The Kier molecular flexibility index (Phi) is 12.0. The van der Waals surface area contributed by atoms with Crippen molar-refractivity contribution in [1.29, 1.82) is 0 Å². The summed E-state index contributed by atoms with van der Waals surface area (Å²) in [6.45, 7) is 2.61. The van der Waals surface area contributed by atoms with Crippen LogP contribution in [0.2, 0.25) is 0 Å². The molecular weight excluding hydrogens is 790 g/mol. The highest BCUT2D eigenvalue weighted by molar-refractivity contribution is 7.45. The van der Waals surface area contributed by atoms with Crippen molar-refractivity contribution in [2.24, 2.45) is 0 Å². The smallest absolute Gasteiger partial charge is 0.330 e. The van der Waals surface area contributed by atoms with Crippen LogP contribution in [0.1, 0.15) is 64.8 Å². The van der Waals surface area contributed by atoms with Gasteiger partial charge in [0.05, 0.1) is 33.0 Å². The van der Waals surface area contributed by atoms with Crippen LogP contribution in [-0.4, -0.2) is 65.9 Å². The number of benzene rings is 5. The third-order valence-corrected chi connectivity index (χ3v) is 14.0. The summed E-state index contributed by atoms with van der Waals surface area (Å²) in [6, 6.07) is 47.2. The van der Waals surface area contributed by atoms with Gasteiger partial charge >= 0.3 is 5.69 Å². The Hall–Kier alpha value is -5.39. The second-order valence-electron chi connectivity index (χ2n) is 15.8. The van der Waals surface area contributed by atoms with E-state index in [0.29, 0.717) is 12.0 Å². The van der Waals surface area contributed by atoms with E-state index in [-0.39, 0.29) is 24.7 Å². The van der Waals surface area contributed by atoms with Crippen LogP contribution in [0.15, 0.2) is 155 Å². The first kappa shape index (κ1) is 41.0. The van der Waals surface area contributed by atoms with Crippen molar-refractivity contribution < 1.29 is 28.0 Å². The average molecular weight is 840 g/mol. The van der Waals surface area contributed by atoms with Gasteiger partial charge in [-0.2, -0.15) is 0 Å². The van der Waals surface area contributed by atoms with Gasteiger partial charge in [0.2, 0.25) is 0 Å². The number of hydrogen-bond donors (Lipinski definition) is 1. The topological polar surface area (TPSA) is 113 Å². The fourth-order valence-electron chi connectivity index (χ4n) is 9.14. The number of nitrogens with one attached hydrogen (secondary N) is 1. The zero-order valence-corrected chi connectivity index (χ0v) is 35.4. The van der Waals surface area contributed by atoms with Crippen LogP contribution >= 0.6 is 8.53 Å². The number of H-pyrrole nitrogens is 1. The molecule has 0 radical (unpaired) electrons. The van der Waals surface area contributed by atoms with Gasteiger partial charge in [-0.05, 0) is 71.8 Å². The van der Waals surface area contributed by atoms with Gasteiger partial charge in [-0.25, -0.2) is 9.46 Å². The molecule has 3 fully saturated rings. The maximum Gasteiger partial charge on any atom is 0.330 e. The van der Waals surface area contributed by atoms with Crippen molar-refractivity contribution >= 4 is 8.53 Å². The van der Waals surface area contributed by atoms with E-state index in [1.807, 2.05) is 78.9 Å². The molecule has 0 bridgehead atoms. The first-order chi connectivity index (χ1) is 29.9. The van der Waals surface area contributed by atoms with Gasteiger partial charge in [-0.15, -0.1) is 0 Å². The SMILES string of the molecule is COc1ccc(C(OC[C@H]2O[C@@H](n3cc(C)c(=O)[nH]c3=O)C[C@@H]2O[P@@]2O[C@@H](C(c3ccccc3)c3ccccc3)[C@H]3CCCN32)(c2ccccc2)c2ccc(OC)cc2)cc1. The lowest BCUT2D eigenvalue weighted by molar-refractivity contribution is -0.0920. The second kappa shape index (κ2) is 17.9. The second-order valence-corrected chi connectivity index (χ2v) is 17.2. The molecule has 0 saturated carbocycles. The number of rotatable bonds is 14. The normalized spacial score (nSPS) is 22.7. The predicted octanol–water partition coefficient (Wildman–Crippen LogP) is 8.47. The first-order valence-corrected chi connectivity index (χ1v) is 22.0. The van der Waals surface area contributed by atoms with Gasteiger partial charge in [0.15, 0.2) is 0 Å². The molecule has 0 aliphatic carbocycles. The van der Waals surface area contributed by atoms with Gasteiger partial charge in [-0.1, -0.05) is 115 Å². The summed E-state index contributed by atoms with van der Waals surface area (Å²) in [4.78, 5) is 28.3. The zero-order valence-electron chi connectivity index (χ0n) is 34.5. The minimum absolute atomic E-state index is 0.000941. The Morgan fingerprint density at radius 2 is 1.33 bits per heavy atom. The molecule has 1 aromatic heterocycles. The number of aromatic amines is 1. The summed E-state index contributed by atoms with van der Waals surface area (Å²) in [7, 11) is 1.75. The van der Waals surface area contributed by atoms with Crippen LogP contribution in [0.4, 0.5) is 0 Å². The van der Waals surface area contributed by atoms with Gasteiger partial charge < -0.3 is 28.0 Å². The molecule has 6 aromatic rings. The van der Waals surface area contributed by atoms with E-state index in [9.17, 15) is 9.59 Å². The molecule has 11 nitrogen and oxygen atoms in total. The number of hydrogen-bond acceptors (Lipinski definition) is 9. The number of aromatic nitrogens is 2. The fourth-order valence-corrected chi connectivity index (χ4v) is 11.1. The van der Waals surface area contributed by atoms with E-state index in [4.69, 9.17) is 28.0 Å². The van der Waals surface area contributed by atoms with E-state index < -0.39 is 43.8 Å². The Bertz CT molecular complexity index is 2420. The van der Waals surface area contributed by atoms with Gasteiger partial charge in [0, 0.05) is 36.7 Å². The average Bonchev–Trinajstić information content (AvgIpc) is 4.04. The summed E-state index contributed by atoms with van der Waals surface area (Å²) in [5.41, 5.74) is 3.36. The molecule has 3 aliphatic rings. The molecule has 6 atom stereocenters. The van der Waals surface area contributed by atoms with Crippen molar-refractivity contribution in [3.8, 4) is 11.5 Å². The highest BCUT2D eigenvalue weighted by Gasteiger charge is 2.53. The van der Waals surface area contributed by atoms with Crippen molar-refractivity contribution in [2.75, 3.05) is 27.4 Å². The Labute approximate surface area is 356 Å². The third-order valence-electron chi connectivity index (χ3n) is 12.2. The molecule has 1 N–H and O–H groups in total. The number of aryl methyl sites for hydroxylation is 1. The molecule has 0 amide bonds. The summed E-state index contributed by atoms with van der Waals surface area (Å²) >= 11 is 0. The van der Waals surface area contributed by atoms with E-state index >= 15 is 0 Å². The van der Waals surface area contributed by atoms with E-state index in [1.54, 1.807) is 27.3 Å². The maximum atomic E-state index is 13.4. The molecule has 5 aromatic carbocycles. The van der Waals surface area contributed by atoms with Crippen molar-refractivity contribution in [3.05, 3.63) is 200 Å². The molecule has 9 rings (SSSR count). The standard InChI is InChI=1S/C49H50N3O8P/c1-33-31-51(48(54)50-47(33)53)44-30-42(59-61-52-29-13-20-41(52)46(60-61)45(34-14-7-4-8-15-34)35-16-9-5-10-17-35)43(58-44)32-57-49(36-18-11-6-12-19-36,37-21-25-39(55-2)26-22-37)38-23-27-40(56-3)28-24-38/h4-12,14-19,21-28,31,41-46H,13,20,29-30,32H2,1-3H3,(H,50,53,54)/t41-,42+,43-,44-,46-,61+/m1/s1. The lowest BCUT2D eigenvalue weighted by Gasteiger charge is -2.37. The minimum atomic E-state index is -1.54. The fraction of sp³-hybridized carbons (Fsp3) is 0.306. The maximum absolute atomic E-state index is 13.4. The van der Waals surface area contributed by atoms with Gasteiger partial charge in [-0.3, -0.25) is 14.3 Å². The van der Waals surface area contributed by atoms with Crippen LogP contribution < -0.4 is 20.7 Å². The molecule has 314 valence electrons. The lowest BCUT2D eigenvalue weighted by atomic mass is 9.80. The molecule has 61 heavy (non-hydrogen) atoms. The number of ether oxygens (including phenoxy) is 4. The molecular formula is C49H50N3O8P. The molecule has 3 saturated heterocycles. The first-order valence-electron chi connectivity index (χ1n) is 20.8. The van der Waals surface area contributed by atoms with Gasteiger partial charge in [0.25, 0.3) is 14.1 Å². The monoisotopic (exact) mass is 839 g/mol. The molecule has 0 spiro atoms. The summed E-state index contributed by atoms with van der Waals surface area (Å²) in [5, 5.41) is 0. The quantitative estimate of drug-likeness (QED) is 0.0853. The highest BCUT2D eigenvalue weighted by Crippen LogP contribution is 2.60. The largest absolute Gasteiger partial charge is 0.497 e. The molecule has 3 aliphatic heterocycles. The zero-order chi connectivity index (χ0) is 41.9. The molecule has 0 unspecified atom stereocenters. The van der Waals surface area contributed by atoms with Crippen molar-refractivity contribution in [3.63, 3.8) is 0 Å². The van der Waals surface area contributed by atoms with Crippen LogP contribution in [0, 0.1) is 6.92 Å². The van der Waals surface area contributed by atoms with Crippen LogP contribution in [0.3, 0.4) is 0 Å². The molecule has 12 heteroatoms. The molecule has 4 heterocycles. The Morgan fingerprint density at radius 3 is 1.90 bits per heavy atom. The Morgan fingerprint density at radius 1 is 0.770 bits per heavy atom. The van der Waals surface area contributed by atoms with Crippen LogP contribution in [0.25, 0.3) is 0 Å². The predicted molar refractivity (Wildman–Crippen MR) is 234 cm³/mol.